The van der Waals surface area contributed by atoms with Gasteiger partial charge in [0.2, 0.25) is 6.23 Å². The van der Waals surface area contributed by atoms with E-state index in [1.54, 1.807) is 14.0 Å². The highest BCUT2D eigenvalue weighted by molar-refractivity contribution is 5.98. The van der Waals surface area contributed by atoms with Crippen LogP contribution in [0.2, 0.25) is 0 Å². The fourth-order valence-corrected chi connectivity index (χ4v) is 4.80. The molecule has 35 heavy (non-hydrogen) atoms. The standard InChI is InChI=1S/C27H40N2O6/c1-7-10-11-18(8-2)22-19(14-12-16(4)13-15-20(30)34-9-3)24(33-6)17(5)21-23(22)26(31)35-25(21)29-27(28)32/h12,18,25H,7-11,13-15H2,1-6H3,(H3,28,29,32)/b16-12+. The number of carbonyl (C=O) groups excluding carboxylic acids is 3. The summed E-state index contributed by atoms with van der Waals surface area (Å²) in [6.45, 7) is 10.3. The van der Waals surface area contributed by atoms with E-state index in [1.807, 2.05) is 13.8 Å². The van der Waals surface area contributed by atoms with Gasteiger partial charge in [-0.25, -0.2) is 9.59 Å². The van der Waals surface area contributed by atoms with Crippen LogP contribution in [-0.4, -0.2) is 31.7 Å². The minimum Gasteiger partial charge on any atom is -0.496 e. The molecule has 1 aromatic rings. The molecule has 0 spiro atoms. The van der Waals surface area contributed by atoms with Gasteiger partial charge in [0.1, 0.15) is 5.75 Å². The number of carbonyl (C=O) groups is 3. The zero-order valence-corrected chi connectivity index (χ0v) is 21.9. The van der Waals surface area contributed by atoms with E-state index < -0.39 is 18.2 Å². The van der Waals surface area contributed by atoms with Gasteiger partial charge in [-0.15, -0.1) is 0 Å². The molecule has 1 aromatic carbocycles. The molecule has 2 unspecified atom stereocenters. The molecule has 0 saturated heterocycles. The lowest BCUT2D eigenvalue weighted by atomic mass is 9.80. The number of nitrogens with one attached hydrogen (secondary N) is 1. The van der Waals surface area contributed by atoms with Crippen LogP contribution in [0.5, 0.6) is 5.75 Å². The van der Waals surface area contributed by atoms with Crippen molar-refractivity contribution in [1.29, 1.82) is 0 Å². The largest absolute Gasteiger partial charge is 0.496 e. The molecule has 2 atom stereocenters. The summed E-state index contributed by atoms with van der Waals surface area (Å²) >= 11 is 0. The third kappa shape index (κ3) is 6.77. The summed E-state index contributed by atoms with van der Waals surface area (Å²) in [5.74, 6) is 0.131. The highest BCUT2D eigenvalue weighted by Gasteiger charge is 2.40. The zero-order chi connectivity index (χ0) is 26.1. The molecule has 194 valence electrons. The van der Waals surface area contributed by atoms with Crippen molar-refractivity contribution in [3.05, 3.63) is 39.5 Å². The quantitative estimate of drug-likeness (QED) is 0.285. The van der Waals surface area contributed by atoms with Crippen LogP contribution in [0.25, 0.3) is 0 Å². The summed E-state index contributed by atoms with van der Waals surface area (Å²) in [7, 11) is 1.61. The van der Waals surface area contributed by atoms with Crippen molar-refractivity contribution in [3.63, 3.8) is 0 Å². The molecule has 0 bridgehead atoms. The van der Waals surface area contributed by atoms with E-state index in [0.717, 1.165) is 47.9 Å². The van der Waals surface area contributed by atoms with Gasteiger partial charge in [-0.2, -0.15) is 0 Å². The van der Waals surface area contributed by atoms with Crippen LogP contribution in [0.1, 0.15) is 111 Å². The van der Waals surface area contributed by atoms with Gasteiger partial charge in [-0.3, -0.25) is 10.1 Å². The molecule has 0 saturated carbocycles. The number of nitrogens with two attached hydrogens (primary N) is 1. The van der Waals surface area contributed by atoms with Crippen molar-refractivity contribution in [2.24, 2.45) is 5.73 Å². The second-order valence-electron chi connectivity index (χ2n) is 8.94. The summed E-state index contributed by atoms with van der Waals surface area (Å²) in [5.41, 5.74) is 10.1. The van der Waals surface area contributed by atoms with Crippen molar-refractivity contribution in [3.8, 4) is 5.75 Å². The highest BCUT2D eigenvalue weighted by Crippen LogP contribution is 2.46. The highest BCUT2D eigenvalue weighted by atomic mass is 16.6. The lowest BCUT2D eigenvalue weighted by Crippen LogP contribution is -2.33. The number of ether oxygens (including phenoxy) is 3. The molecule has 2 rings (SSSR count). The first-order valence-corrected chi connectivity index (χ1v) is 12.5. The molecular formula is C27H40N2O6. The molecule has 8 heteroatoms. The fraction of sp³-hybridized carbons (Fsp3) is 0.593. The normalized spacial score (nSPS) is 15.9. The number of hydrogen-bond donors (Lipinski definition) is 2. The summed E-state index contributed by atoms with van der Waals surface area (Å²) in [4.78, 5) is 36.5. The monoisotopic (exact) mass is 488 g/mol. The maximum absolute atomic E-state index is 13.1. The van der Waals surface area contributed by atoms with Gasteiger partial charge in [0, 0.05) is 23.1 Å². The van der Waals surface area contributed by atoms with Gasteiger partial charge in [0.25, 0.3) is 0 Å². The van der Waals surface area contributed by atoms with Crippen LogP contribution in [0, 0.1) is 6.92 Å². The van der Waals surface area contributed by atoms with Crippen LogP contribution in [0.3, 0.4) is 0 Å². The molecule has 1 aliphatic rings. The summed E-state index contributed by atoms with van der Waals surface area (Å²) in [6.07, 6.45) is 6.44. The third-order valence-electron chi connectivity index (χ3n) is 6.54. The first kappa shape index (κ1) is 28.2. The Labute approximate surface area is 208 Å². The second-order valence-corrected chi connectivity index (χ2v) is 8.94. The minimum atomic E-state index is -0.942. The number of unbranched alkanes of at least 4 members (excludes halogenated alkanes) is 1. The smallest absolute Gasteiger partial charge is 0.341 e. The van der Waals surface area contributed by atoms with E-state index in [2.05, 4.69) is 25.2 Å². The average Bonchev–Trinajstić information content (AvgIpc) is 3.13. The molecule has 2 amide bonds. The Bertz CT molecular complexity index is 969. The summed E-state index contributed by atoms with van der Waals surface area (Å²) < 4.78 is 16.5. The molecule has 0 radical (unpaired) electrons. The van der Waals surface area contributed by atoms with Crippen molar-refractivity contribution in [1.82, 2.24) is 5.32 Å². The Morgan fingerprint density at radius 2 is 1.94 bits per heavy atom. The molecule has 0 fully saturated rings. The Morgan fingerprint density at radius 3 is 2.51 bits per heavy atom. The topological polar surface area (TPSA) is 117 Å². The van der Waals surface area contributed by atoms with E-state index in [0.29, 0.717) is 42.7 Å². The number of methoxy groups -OCH3 is 1. The Balaban J connectivity index is 2.62. The van der Waals surface area contributed by atoms with Crippen LogP contribution in [-0.2, 0) is 20.7 Å². The number of urea groups is 1. The number of cyclic esters (lactones) is 1. The first-order chi connectivity index (χ1) is 16.7. The van der Waals surface area contributed by atoms with Gasteiger partial charge in [0.15, 0.2) is 0 Å². The molecular weight excluding hydrogens is 448 g/mol. The molecule has 0 aromatic heterocycles. The summed E-state index contributed by atoms with van der Waals surface area (Å²) in [6, 6.07) is -0.766. The van der Waals surface area contributed by atoms with Crippen LogP contribution >= 0.6 is 0 Å². The van der Waals surface area contributed by atoms with Crippen molar-refractivity contribution in [2.45, 2.75) is 91.7 Å². The van der Waals surface area contributed by atoms with Gasteiger partial charge < -0.3 is 19.9 Å². The van der Waals surface area contributed by atoms with E-state index in [9.17, 15) is 14.4 Å². The van der Waals surface area contributed by atoms with Gasteiger partial charge in [-0.05, 0) is 57.9 Å². The van der Waals surface area contributed by atoms with E-state index in [1.165, 1.54) is 0 Å². The third-order valence-corrected chi connectivity index (χ3v) is 6.54. The summed E-state index contributed by atoms with van der Waals surface area (Å²) in [5, 5.41) is 2.54. The predicted octanol–water partition coefficient (Wildman–Crippen LogP) is 5.36. The number of amides is 2. The Kier molecular flexibility index (Phi) is 10.6. The Hall–Kier alpha value is -3.03. The number of primary amides is 1. The first-order valence-electron chi connectivity index (χ1n) is 12.5. The number of allylic oxidation sites excluding steroid dienone is 2. The maximum Gasteiger partial charge on any atom is 0.341 e. The minimum absolute atomic E-state index is 0.126. The van der Waals surface area contributed by atoms with Gasteiger partial charge in [-0.1, -0.05) is 38.3 Å². The average molecular weight is 489 g/mol. The SMILES string of the molecule is CCCCC(CC)c1c(C/C=C(\C)CCC(=O)OCC)c(OC)c(C)c2c1C(=O)OC2NC(N)=O. The lowest BCUT2D eigenvalue weighted by Gasteiger charge is -2.25. The van der Waals surface area contributed by atoms with E-state index in [4.69, 9.17) is 19.9 Å². The number of hydrogen-bond acceptors (Lipinski definition) is 6. The number of benzene rings is 1. The molecule has 3 N–H and O–H groups in total. The second kappa shape index (κ2) is 13.2. The van der Waals surface area contributed by atoms with Crippen LogP contribution in [0.15, 0.2) is 11.6 Å². The van der Waals surface area contributed by atoms with E-state index >= 15 is 0 Å². The maximum atomic E-state index is 13.1. The zero-order valence-electron chi connectivity index (χ0n) is 21.9. The van der Waals surface area contributed by atoms with Crippen molar-refractivity contribution >= 4 is 18.0 Å². The molecule has 8 nitrogen and oxygen atoms in total. The number of esters is 2. The predicted molar refractivity (Wildman–Crippen MR) is 134 cm³/mol. The molecule has 0 aliphatic carbocycles. The van der Waals surface area contributed by atoms with Crippen molar-refractivity contribution < 1.29 is 28.6 Å². The van der Waals surface area contributed by atoms with E-state index in [-0.39, 0.29) is 11.9 Å². The van der Waals surface area contributed by atoms with Gasteiger partial charge >= 0.3 is 18.0 Å². The van der Waals surface area contributed by atoms with Crippen LogP contribution in [0.4, 0.5) is 4.79 Å². The van der Waals surface area contributed by atoms with Gasteiger partial charge in [0.05, 0.1) is 19.3 Å². The Morgan fingerprint density at radius 1 is 1.23 bits per heavy atom. The molecule has 1 heterocycles. The van der Waals surface area contributed by atoms with Crippen molar-refractivity contribution in [2.75, 3.05) is 13.7 Å². The number of rotatable bonds is 13. The lowest BCUT2D eigenvalue weighted by molar-refractivity contribution is -0.143. The fourth-order valence-electron chi connectivity index (χ4n) is 4.80. The molecule has 1 aliphatic heterocycles. The number of fused-ring (bicyclic) bond motifs is 1. The van der Waals surface area contributed by atoms with Crippen LogP contribution < -0.4 is 15.8 Å².